The van der Waals surface area contributed by atoms with Crippen LogP contribution in [0, 0.1) is 5.92 Å². The van der Waals surface area contributed by atoms with Crippen LogP contribution in [0.25, 0.3) is 0 Å². The van der Waals surface area contributed by atoms with Gasteiger partial charge in [0.25, 0.3) is 0 Å². The molecule has 1 N–H and O–H groups in total. The van der Waals surface area contributed by atoms with Crippen LogP contribution in [-0.2, 0) is 11.3 Å². The summed E-state index contributed by atoms with van der Waals surface area (Å²) < 4.78 is 5.19. The van der Waals surface area contributed by atoms with E-state index in [-0.39, 0.29) is 0 Å². The van der Waals surface area contributed by atoms with Gasteiger partial charge in [0.05, 0.1) is 16.7 Å². The van der Waals surface area contributed by atoms with E-state index in [1.165, 1.54) is 0 Å². The summed E-state index contributed by atoms with van der Waals surface area (Å²) >= 11 is 12.1. The van der Waals surface area contributed by atoms with Crippen molar-refractivity contribution in [1.29, 1.82) is 0 Å². The standard InChI is InChI=1S/C13H19Cl2NO/c1-9(2)12(8-17-3)16-7-10-5-4-6-11(14)13(10)15/h4-6,9,12,16H,7-8H2,1-3H3. The molecule has 1 rings (SSSR count). The molecule has 0 bridgehead atoms. The van der Waals surface area contributed by atoms with Gasteiger partial charge in [0.1, 0.15) is 0 Å². The van der Waals surface area contributed by atoms with Gasteiger partial charge < -0.3 is 10.1 Å². The SMILES string of the molecule is COCC(NCc1cccc(Cl)c1Cl)C(C)C. The Labute approximate surface area is 113 Å². The van der Waals surface area contributed by atoms with Gasteiger partial charge in [-0.25, -0.2) is 0 Å². The van der Waals surface area contributed by atoms with Gasteiger partial charge >= 0.3 is 0 Å². The Morgan fingerprint density at radius 1 is 1.29 bits per heavy atom. The van der Waals surface area contributed by atoms with Gasteiger partial charge in [-0.3, -0.25) is 0 Å². The van der Waals surface area contributed by atoms with Crippen molar-refractivity contribution >= 4 is 23.2 Å². The van der Waals surface area contributed by atoms with Gasteiger partial charge in [-0.2, -0.15) is 0 Å². The molecule has 0 aliphatic rings. The van der Waals surface area contributed by atoms with Gasteiger partial charge in [0, 0.05) is 19.7 Å². The van der Waals surface area contributed by atoms with Crippen LogP contribution in [0.15, 0.2) is 18.2 Å². The topological polar surface area (TPSA) is 21.3 Å². The molecule has 0 saturated heterocycles. The molecule has 0 heterocycles. The van der Waals surface area contributed by atoms with Crippen molar-refractivity contribution in [2.45, 2.75) is 26.4 Å². The lowest BCUT2D eigenvalue weighted by molar-refractivity contribution is 0.146. The number of halogens is 2. The zero-order chi connectivity index (χ0) is 12.8. The second kappa shape index (κ2) is 7.22. The minimum Gasteiger partial charge on any atom is -0.383 e. The van der Waals surface area contributed by atoms with Crippen molar-refractivity contribution in [1.82, 2.24) is 5.32 Å². The number of rotatable bonds is 6. The molecule has 96 valence electrons. The van der Waals surface area contributed by atoms with Crippen LogP contribution in [0.3, 0.4) is 0 Å². The third kappa shape index (κ3) is 4.47. The monoisotopic (exact) mass is 275 g/mol. The maximum atomic E-state index is 6.13. The molecule has 0 amide bonds. The van der Waals surface area contributed by atoms with Crippen LogP contribution in [0.2, 0.25) is 10.0 Å². The fraction of sp³-hybridized carbons (Fsp3) is 0.538. The molecule has 0 spiro atoms. The first-order valence-corrected chi connectivity index (χ1v) is 6.47. The van der Waals surface area contributed by atoms with Crippen molar-refractivity contribution < 1.29 is 4.74 Å². The molecule has 0 aliphatic carbocycles. The third-order valence-electron chi connectivity index (χ3n) is 2.74. The Bertz CT molecular complexity index is 355. The van der Waals surface area contributed by atoms with Crippen molar-refractivity contribution in [2.24, 2.45) is 5.92 Å². The highest BCUT2D eigenvalue weighted by molar-refractivity contribution is 6.42. The number of ether oxygens (including phenoxy) is 1. The predicted molar refractivity (Wildman–Crippen MR) is 73.8 cm³/mol. The molecule has 0 aliphatic heterocycles. The van der Waals surface area contributed by atoms with Crippen LogP contribution in [-0.4, -0.2) is 19.8 Å². The van der Waals surface area contributed by atoms with E-state index in [2.05, 4.69) is 19.2 Å². The quantitative estimate of drug-likeness (QED) is 0.854. The lowest BCUT2D eigenvalue weighted by atomic mass is 10.0. The van der Waals surface area contributed by atoms with E-state index < -0.39 is 0 Å². The van der Waals surface area contributed by atoms with Crippen LogP contribution >= 0.6 is 23.2 Å². The molecule has 4 heteroatoms. The highest BCUT2D eigenvalue weighted by Crippen LogP contribution is 2.25. The van der Waals surface area contributed by atoms with Crippen molar-refractivity contribution in [2.75, 3.05) is 13.7 Å². The average molecular weight is 276 g/mol. The summed E-state index contributed by atoms with van der Waals surface area (Å²) in [5, 5.41) is 4.66. The van der Waals surface area contributed by atoms with Crippen LogP contribution in [0.1, 0.15) is 19.4 Å². The molecule has 0 fully saturated rings. The predicted octanol–water partition coefficient (Wildman–Crippen LogP) is 3.75. The van der Waals surface area contributed by atoms with Crippen LogP contribution in [0.4, 0.5) is 0 Å². The molecular formula is C13H19Cl2NO. The van der Waals surface area contributed by atoms with Gasteiger partial charge in [-0.1, -0.05) is 49.2 Å². The second-order valence-corrected chi connectivity index (χ2v) is 5.18. The average Bonchev–Trinajstić information content (AvgIpc) is 2.29. The summed E-state index contributed by atoms with van der Waals surface area (Å²) in [6, 6.07) is 6.00. The molecule has 0 radical (unpaired) electrons. The Morgan fingerprint density at radius 3 is 2.59 bits per heavy atom. The molecule has 17 heavy (non-hydrogen) atoms. The Kier molecular flexibility index (Phi) is 6.28. The van der Waals surface area contributed by atoms with Crippen molar-refractivity contribution in [3.63, 3.8) is 0 Å². The van der Waals surface area contributed by atoms with Crippen LogP contribution in [0.5, 0.6) is 0 Å². The van der Waals surface area contributed by atoms with Gasteiger partial charge in [-0.05, 0) is 17.5 Å². The molecule has 1 aromatic carbocycles. The van der Waals surface area contributed by atoms with Crippen molar-refractivity contribution in [3.8, 4) is 0 Å². The molecule has 0 saturated carbocycles. The number of hydrogen-bond acceptors (Lipinski definition) is 2. The summed E-state index contributed by atoms with van der Waals surface area (Å²) in [5.74, 6) is 0.507. The maximum absolute atomic E-state index is 6.13. The summed E-state index contributed by atoms with van der Waals surface area (Å²) in [6.07, 6.45) is 0. The first kappa shape index (κ1) is 14.8. The molecule has 2 nitrogen and oxygen atoms in total. The van der Waals surface area contributed by atoms with Crippen LogP contribution < -0.4 is 5.32 Å². The normalized spacial score (nSPS) is 13.1. The van der Waals surface area contributed by atoms with Crippen molar-refractivity contribution in [3.05, 3.63) is 33.8 Å². The van der Waals surface area contributed by atoms with E-state index in [0.717, 1.165) is 5.56 Å². The first-order chi connectivity index (χ1) is 8.06. The van der Waals surface area contributed by atoms with Gasteiger partial charge in [-0.15, -0.1) is 0 Å². The van der Waals surface area contributed by atoms with E-state index in [1.807, 2.05) is 12.1 Å². The lowest BCUT2D eigenvalue weighted by Crippen LogP contribution is -2.37. The number of nitrogens with one attached hydrogen (secondary N) is 1. The molecule has 1 unspecified atom stereocenters. The Hall–Kier alpha value is -0.280. The Balaban J connectivity index is 2.62. The van der Waals surface area contributed by atoms with Gasteiger partial charge in [0.2, 0.25) is 0 Å². The zero-order valence-electron chi connectivity index (χ0n) is 10.5. The molecule has 0 aromatic heterocycles. The molecular weight excluding hydrogens is 257 g/mol. The minimum absolute atomic E-state index is 0.315. The highest BCUT2D eigenvalue weighted by atomic mass is 35.5. The summed E-state index contributed by atoms with van der Waals surface area (Å²) in [7, 11) is 1.71. The van der Waals surface area contributed by atoms with E-state index in [4.69, 9.17) is 27.9 Å². The smallest absolute Gasteiger partial charge is 0.0637 e. The van der Waals surface area contributed by atoms with E-state index in [0.29, 0.717) is 35.2 Å². The number of benzene rings is 1. The summed E-state index contributed by atoms with van der Waals surface area (Å²) in [4.78, 5) is 0. The fourth-order valence-corrected chi connectivity index (χ4v) is 1.98. The molecule has 1 aromatic rings. The number of hydrogen-bond donors (Lipinski definition) is 1. The molecule has 1 atom stereocenters. The zero-order valence-corrected chi connectivity index (χ0v) is 12.0. The minimum atomic E-state index is 0.315. The second-order valence-electron chi connectivity index (χ2n) is 4.40. The third-order valence-corrected chi connectivity index (χ3v) is 3.60. The van der Waals surface area contributed by atoms with Gasteiger partial charge in [0.15, 0.2) is 0 Å². The lowest BCUT2D eigenvalue weighted by Gasteiger charge is -2.22. The summed E-state index contributed by atoms with van der Waals surface area (Å²) in [6.45, 7) is 5.72. The maximum Gasteiger partial charge on any atom is 0.0637 e. The van der Waals surface area contributed by atoms with E-state index >= 15 is 0 Å². The largest absolute Gasteiger partial charge is 0.383 e. The fourth-order valence-electron chi connectivity index (χ4n) is 1.59. The van der Waals surface area contributed by atoms with E-state index in [1.54, 1.807) is 13.2 Å². The highest BCUT2D eigenvalue weighted by Gasteiger charge is 2.13. The Morgan fingerprint density at radius 2 is 2.00 bits per heavy atom. The number of methoxy groups -OCH3 is 1. The summed E-state index contributed by atoms with van der Waals surface area (Å²) in [5.41, 5.74) is 1.01. The first-order valence-electron chi connectivity index (χ1n) is 5.71. The van der Waals surface area contributed by atoms with E-state index in [9.17, 15) is 0 Å².